The van der Waals surface area contributed by atoms with Crippen LogP contribution < -0.4 is 0 Å². The first-order valence-corrected chi connectivity index (χ1v) is 8.64. The molecule has 1 atom stereocenters. The Morgan fingerprint density at radius 2 is 1.26 bits per heavy atom. The minimum Gasteiger partial charge on any atom is -0.438 e. The highest BCUT2D eigenvalue weighted by Crippen LogP contribution is 2.30. The molecule has 0 N–H and O–H groups in total. The topological polar surface area (TPSA) is 63.7 Å². The van der Waals surface area contributed by atoms with Crippen LogP contribution in [-0.4, -0.2) is 42.8 Å². The van der Waals surface area contributed by atoms with E-state index < -0.39 is 18.0 Å². The van der Waals surface area contributed by atoms with Crippen molar-refractivity contribution in [1.29, 1.82) is 0 Å². The minimum atomic E-state index is -0.893. The van der Waals surface area contributed by atoms with Crippen molar-refractivity contribution in [2.24, 2.45) is 0 Å². The molecular formula is C22H21NO4. The van der Waals surface area contributed by atoms with Crippen molar-refractivity contribution in [2.45, 2.75) is 20.1 Å². The van der Waals surface area contributed by atoms with Gasteiger partial charge in [-0.15, -0.1) is 0 Å². The Labute approximate surface area is 158 Å². The summed E-state index contributed by atoms with van der Waals surface area (Å²) in [6.07, 6.45) is -0.893. The van der Waals surface area contributed by atoms with Crippen LogP contribution >= 0.6 is 0 Å². The zero-order chi connectivity index (χ0) is 19.7. The van der Waals surface area contributed by atoms with E-state index in [9.17, 15) is 14.4 Å². The molecule has 0 aromatic heterocycles. The van der Waals surface area contributed by atoms with Gasteiger partial charge in [-0.05, 0) is 27.9 Å². The Hall–Kier alpha value is -3.05. The first kappa shape index (κ1) is 18.7. The summed E-state index contributed by atoms with van der Waals surface area (Å²) in [5, 5.41) is 0. The second-order valence-corrected chi connectivity index (χ2v) is 6.90. The fourth-order valence-corrected chi connectivity index (χ4v) is 2.97. The average Bonchev–Trinajstić information content (AvgIpc) is 2.99. The molecule has 0 spiro atoms. The van der Waals surface area contributed by atoms with Gasteiger partial charge in [0.15, 0.2) is 12.0 Å². The summed E-state index contributed by atoms with van der Waals surface area (Å²) in [5.74, 6) is -1.65. The van der Waals surface area contributed by atoms with Gasteiger partial charge in [0.25, 0.3) is 0 Å². The fourth-order valence-electron chi connectivity index (χ4n) is 2.97. The van der Waals surface area contributed by atoms with Crippen LogP contribution in [0.2, 0.25) is 0 Å². The molecule has 1 unspecified atom stereocenters. The Morgan fingerprint density at radius 3 is 1.70 bits per heavy atom. The maximum atomic E-state index is 13.1. The van der Waals surface area contributed by atoms with Crippen LogP contribution in [-0.2, 0) is 9.53 Å². The molecule has 3 rings (SSSR count). The highest BCUT2D eigenvalue weighted by Gasteiger charge is 2.43. The normalized spacial score (nSPS) is 16.6. The third-order valence-corrected chi connectivity index (χ3v) is 4.51. The number of esters is 1. The first-order valence-electron chi connectivity index (χ1n) is 8.64. The van der Waals surface area contributed by atoms with Crippen LogP contribution in [0.1, 0.15) is 31.8 Å². The molecule has 27 heavy (non-hydrogen) atoms. The second-order valence-electron chi connectivity index (χ2n) is 6.90. The number of benzene rings is 2. The molecular weight excluding hydrogens is 342 g/mol. The Morgan fingerprint density at radius 1 is 0.815 bits per heavy atom. The zero-order valence-corrected chi connectivity index (χ0v) is 15.8. The van der Waals surface area contributed by atoms with Gasteiger partial charge in [0.1, 0.15) is 5.57 Å². The van der Waals surface area contributed by atoms with Gasteiger partial charge in [-0.3, -0.25) is 14.5 Å². The van der Waals surface area contributed by atoms with E-state index in [1.165, 1.54) is 0 Å². The number of likely N-dealkylation sites (N-methyl/N-ethyl adjacent to an activating group) is 1. The first-order chi connectivity index (χ1) is 12.8. The molecule has 0 fully saturated rings. The van der Waals surface area contributed by atoms with Crippen molar-refractivity contribution in [1.82, 2.24) is 4.90 Å². The number of hydrogen-bond acceptors (Lipinski definition) is 5. The lowest BCUT2D eigenvalue weighted by Crippen LogP contribution is -2.32. The van der Waals surface area contributed by atoms with Gasteiger partial charge in [-0.1, -0.05) is 59.7 Å². The maximum Gasteiger partial charge on any atom is 0.344 e. The molecule has 0 saturated heterocycles. The van der Waals surface area contributed by atoms with Crippen molar-refractivity contribution in [2.75, 3.05) is 14.1 Å². The predicted octanol–water partition coefficient (Wildman–Crippen LogP) is 3.11. The molecule has 2 aromatic carbocycles. The number of nitrogens with zero attached hydrogens (tertiary/aromatic N) is 1. The number of carbonyl (C=O) groups is 3. The second kappa shape index (κ2) is 7.29. The summed E-state index contributed by atoms with van der Waals surface area (Å²) in [6, 6.07) is 13.9. The van der Waals surface area contributed by atoms with Crippen molar-refractivity contribution < 1.29 is 19.1 Å². The van der Waals surface area contributed by atoms with Crippen LogP contribution in [0.4, 0.5) is 0 Å². The number of ketones is 2. The van der Waals surface area contributed by atoms with E-state index >= 15 is 0 Å². The molecule has 0 saturated carbocycles. The van der Waals surface area contributed by atoms with Crippen LogP contribution in [0, 0.1) is 13.8 Å². The highest BCUT2D eigenvalue weighted by atomic mass is 16.6. The number of hydrogen-bond donors (Lipinski definition) is 0. The van der Waals surface area contributed by atoms with E-state index in [4.69, 9.17) is 4.74 Å². The van der Waals surface area contributed by atoms with Crippen molar-refractivity contribution in [3.05, 3.63) is 81.9 Å². The van der Waals surface area contributed by atoms with Crippen molar-refractivity contribution in [3.63, 3.8) is 0 Å². The Kier molecular flexibility index (Phi) is 5.06. The number of Topliss-reactive ketones (excluding diaryl/α,β-unsaturated/α-hetero) is 2. The molecule has 0 amide bonds. The van der Waals surface area contributed by atoms with Gasteiger partial charge in [-0.25, -0.2) is 4.79 Å². The molecule has 2 aromatic rings. The van der Waals surface area contributed by atoms with Crippen LogP contribution in [0.25, 0.3) is 0 Å². The lowest BCUT2D eigenvalue weighted by atomic mass is 9.93. The van der Waals surface area contributed by atoms with Gasteiger partial charge >= 0.3 is 5.97 Å². The summed E-state index contributed by atoms with van der Waals surface area (Å²) < 4.78 is 5.35. The van der Waals surface area contributed by atoms with Gasteiger partial charge in [-0.2, -0.15) is 0 Å². The monoisotopic (exact) mass is 363 g/mol. The smallest absolute Gasteiger partial charge is 0.344 e. The number of aryl methyl sites for hydroxylation is 2. The number of carbonyl (C=O) groups excluding carboxylic acids is 3. The molecule has 0 aliphatic carbocycles. The summed E-state index contributed by atoms with van der Waals surface area (Å²) in [5.41, 5.74) is 2.66. The summed E-state index contributed by atoms with van der Waals surface area (Å²) >= 11 is 0. The third-order valence-electron chi connectivity index (χ3n) is 4.51. The Bertz CT molecular complexity index is 937. The average molecular weight is 363 g/mol. The summed E-state index contributed by atoms with van der Waals surface area (Å²) in [4.78, 5) is 40.3. The molecule has 138 valence electrons. The van der Waals surface area contributed by atoms with Gasteiger partial charge in [0.2, 0.25) is 5.78 Å². The minimum absolute atomic E-state index is 0.0828. The van der Waals surface area contributed by atoms with Gasteiger partial charge < -0.3 is 4.74 Å². The van der Waals surface area contributed by atoms with E-state index in [-0.39, 0.29) is 16.9 Å². The number of cyclic esters (lactones) is 1. The van der Waals surface area contributed by atoms with Crippen molar-refractivity contribution in [3.8, 4) is 0 Å². The highest BCUT2D eigenvalue weighted by molar-refractivity contribution is 6.31. The molecule has 0 radical (unpaired) electrons. The van der Waals surface area contributed by atoms with E-state index in [0.717, 1.165) is 11.1 Å². The zero-order valence-electron chi connectivity index (χ0n) is 15.8. The SMILES string of the molecule is Cc1ccc(C(=O)C2=C(C(=O)c3ccc(C)cc3)C(N(C)C)OC2=O)cc1. The van der Waals surface area contributed by atoms with Gasteiger partial charge in [0.05, 0.1) is 5.57 Å². The largest absolute Gasteiger partial charge is 0.438 e. The molecule has 0 bridgehead atoms. The lowest BCUT2D eigenvalue weighted by molar-refractivity contribution is -0.144. The molecule has 1 aliphatic heterocycles. The van der Waals surface area contributed by atoms with Crippen LogP contribution in [0.3, 0.4) is 0 Å². The molecule has 5 heteroatoms. The standard InChI is InChI=1S/C22H21NO4/c1-13-5-9-15(10-6-13)19(24)17-18(22(26)27-21(17)23(3)4)20(25)16-11-7-14(2)8-12-16/h5-12,21H,1-4H3. The molecule has 1 aliphatic rings. The van der Waals surface area contributed by atoms with E-state index in [1.54, 1.807) is 55.4 Å². The van der Waals surface area contributed by atoms with Gasteiger partial charge in [0, 0.05) is 11.1 Å². The van der Waals surface area contributed by atoms with E-state index in [0.29, 0.717) is 11.1 Å². The fraction of sp³-hybridized carbons (Fsp3) is 0.227. The van der Waals surface area contributed by atoms with Crippen LogP contribution in [0.5, 0.6) is 0 Å². The lowest BCUT2D eigenvalue weighted by Gasteiger charge is -2.20. The van der Waals surface area contributed by atoms with Crippen molar-refractivity contribution >= 4 is 17.5 Å². The third kappa shape index (κ3) is 3.59. The number of ether oxygens (including phenoxy) is 1. The maximum absolute atomic E-state index is 13.1. The van der Waals surface area contributed by atoms with Crippen LogP contribution in [0.15, 0.2) is 59.7 Å². The number of rotatable bonds is 5. The Balaban J connectivity index is 2.12. The summed E-state index contributed by atoms with van der Waals surface area (Å²) in [6.45, 7) is 3.83. The quantitative estimate of drug-likeness (QED) is 0.464. The van der Waals surface area contributed by atoms with E-state index in [1.807, 2.05) is 26.0 Å². The molecule has 1 heterocycles. The molecule has 5 nitrogen and oxygen atoms in total. The van der Waals surface area contributed by atoms with E-state index in [2.05, 4.69) is 0 Å². The predicted molar refractivity (Wildman–Crippen MR) is 102 cm³/mol. The summed E-state index contributed by atoms with van der Waals surface area (Å²) in [7, 11) is 3.39.